The first-order valence-electron chi connectivity index (χ1n) is 7.50. The van der Waals surface area contributed by atoms with E-state index in [-0.39, 0.29) is 0 Å². The zero-order chi connectivity index (χ0) is 13.9. The summed E-state index contributed by atoms with van der Waals surface area (Å²) in [5, 5.41) is 7.27. The minimum Gasteiger partial charge on any atom is -0.315 e. The van der Waals surface area contributed by atoms with Crippen LogP contribution in [0.15, 0.2) is 24.3 Å². The third-order valence-corrected chi connectivity index (χ3v) is 4.70. The van der Waals surface area contributed by atoms with Gasteiger partial charge in [0, 0.05) is 25.7 Å². The highest BCUT2D eigenvalue weighted by Gasteiger charge is 2.23. The van der Waals surface area contributed by atoms with E-state index in [1.807, 2.05) is 0 Å². The van der Waals surface area contributed by atoms with Crippen molar-refractivity contribution in [2.45, 2.75) is 46.7 Å². The molecule has 1 aliphatic rings. The Bertz CT molecular complexity index is 409. The van der Waals surface area contributed by atoms with Crippen molar-refractivity contribution in [1.29, 1.82) is 0 Å². The van der Waals surface area contributed by atoms with Crippen molar-refractivity contribution in [3.05, 3.63) is 35.4 Å². The summed E-state index contributed by atoms with van der Waals surface area (Å²) in [6.07, 6.45) is 1.14. The van der Waals surface area contributed by atoms with Crippen LogP contribution in [0.2, 0.25) is 0 Å². The maximum atomic E-state index is 3.65. The summed E-state index contributed by atoms with van der Waals surface area (Å²) in [6.45, 7) is 12.4. The number of benzene rings is 1. The van der Waals surface area contributed by atoms with Crippen molar-refractivity contribution in [3.8, 4) is 0 Å². The first-order valence-corrected chi connectivity index (χ1v) is 7.50. The van der Waals surface area contributed by atoms with Gasteiger partial charge in [0.1, 0.15) is 0 Å². The molecule has 0 saturated heterocycles. The number of nitrogens with one attached hydrogen (secondary N) is 2. The molecule has 2 N–H and O–H groups in total. The van der Waals surface area contributed by atoms with Crippen molar-refractivity contribution in [2.24, 2.45) is 11.3 Å². The summed E-state index contributed by atoms with van der Waals surface area (Å²) in [4.78, 5) is 0. The molecule has 106 valence electrons. The molecule has 1 aromatic rings. The summed E-state index contributed by atoms with van der Waals surface area (Å²) in [7, 11) is 0. The number of hydrogen-bond acceptors (Lipinski definition) is 2. The lowest BCUT2D eigenvalue weighted by atomic mass is 9.81. The molecule has 2 nitrogen and oxygen atoms in total. The summed E-state index contributed by atoms with van der Waals surface area (Å²) in [6, 6.07) is 9.34. The maximum Gasteiger partial charge on any atom is 0.0236 e. The SMILES string of the molecule is CC(C)C(C)(C)CNCC1Cc2ccccc2CN1. The van der Waals surface area contributed by atoms with Crippen molar-refractivity contribution < 1.29 is 0 Å². The molecule has 0 amide bonds. The van der Waals surface area contributed by atoms with E-state index in [4.69, 9.17) is 0 Å². The molecule has 1 atom stereocenters. The Labute approximate surface area is 118 Å². The van der Waals surface area contributed by atoms with Crippen LogP contribution in [0.5, 0.6) is 0 Å². The monoisotopic (exact) mass is 260 g/mol. The largest absolute Gasteiger partial charge is 0.315 e. The lowest BCUT2D eigenvalue weighted by molar-refractivity contribution is 0.234. The first kappa shape index (κ1) is 14.5. The molecule has 0 radical (unpaired) electrons. The Balaban J connectivity index is 1.80. The smallest absolute Gasteiger partial charge is 0.0236 e. The Morgan fingerprint density at radius 3 is 2.63 bits per heavy atom. The number of fused-ring (bicyclic) bond motifs is 1. The van der Waals surface area contributed by atoms with Gasteiger partial charge < -0.3 is 10.6 Å². The average molecular weight is 260 g/mol. The minimum atomic E-state index is 0.368. The highest BCUT2D eigenvalue weighted by Crippen LogP contribution is 2.24. The molecule has 19 heavy (non-hydrogen) atoms. The van der Waals surface area contributed by atoms with Crippen LogP contribution < -0.4 is 10.6 Å². The van der Waals surface area contributed by atoms with Gasteiger partial charge in [-0.05, 0) is 28.9 Å². The standard InChI is InChI=1S/C17H28N2/c1-13(2)17(3,4)12-18-11-16-9-14-7-5-6-8-15(14)10-19-16/h5-8,13,16,18-19H,9-12H2,1-4H3. The second-order valence-electron chi connectivity index (χ2n) is 6.82. The average Bonchev–Trinajstić information content (AvgIpc) is 2.38. The molecule has 1 aliphatic heterocycles. The molecule has 0 aromatic heterocycles. The second kappa shape index (κ2) is 6.06. The van der Waals surface area contributed by atoms with E-state index in [9.17, 15) is 0 Å². The quantitative estimate of drug-likeness (QED) is 0.850. The van der Waals surface area contributed by atoms with Crippen LogP contribution >= 0.6 is 0 Å². The van der Waals surface area contributed by atoms with Crippen LogP contribution in [0, 0.1) is 11.3 Å². The maximum absolute atomic E-state index is 3.65. The number of rotatable bonds is 5. The molecule has 0 aliphatic carbocycles. The molecule has 1 heterocycles. The molecule has 1 aromatic carbocycles. The molecule has 1 unspecified atom stereocenters. The highest BCUT2D eigenvalue weighted by atomic mass is 15.0. The van der Waals surface area contributed by atoms with Gasteiger partial charge in [0.2, 0.25) is 0 Å². The summed E-state index contributed by atoms with van der Waals surface area (Å²) < 4.78 is 0. The third-order valence-electron chi connectivity index (χ3n) is 4.70. The molecule has 0 bridgehead atoms. The van der Waals surface area contributed by atoms with Gasteiger partial charge in [-0.1, -0.05) is 52.0 Å². The van der Waals surface area contributed by atoms with Crippen molar-refractivity contribution >= 4 is 0 Å². The van der Waals surface area contributed by atoms with Gasteiger partial charge in [0.15, 0.2) is 0 Å². The minimum absolute atomic E-state index is 0.368. The van der Waals surface area contributed by atoms with Crippen molar-refractivity contribution in [3.63, 3.8) is 0 Å². The van der Waals surface area contributed by atoms with Crippen LogP contribution in [0.25, 0.3) is 0 Å². The summed E-state index contributed by atoms with van der Waals surface area (Å²) in [5.41, 5.74) is 3.34. The Kier molecular flexibility index (Phi) is 4.64. The van der Waals surface area contributed by atoms with Crippen LogP contribution in [0.4, 0.5) is 0 Å². The Morgan fingerprint density at radius 1 is 1.26 bits per heavy atom. The van der Waals surface area contributed by atoms with Gasteiger partial charge in [0.05, 0.1) is 0 Å². The Morgan fingerprint density at radius 2 is 1.95 bits per heavy atom. The summed E-state index contributed by atoms with van der Waals surface area (Å²) >= 11 is 0. The molecule has 0 fully saturated rings. The van der Waals surface area contributed by atoms with Crippen LogP contribution in [-0.4, -0.2) is 19.1 Å². The zero-order valence-electron chi connectivity index (χ0n) is 12.8. The van der Waals surface area contributed by atoms with Crippen LogP contribution in [0.1, 0.15) is 38.8 Å². The fourth-order valence-electron chi connectivity index (χ4n) is 2.44. The van der Waals surface area contributed by atoms with E-state index < -0.39 is 0 Å². The molecule has 0 saturated carbocycles. The van der Waals surface area contributed by atoms with E-state index in [1.54, 1.807) is 0 Å². The topological polar surface area (TPSA) is 24.1 Å². The lowest BCUT2D eigenvalue weighted by Gasteiger charge is -2.32. The van der Waals surface area contributed by atoms with Crippen molar-refractivity contribution in [2.75, 3.05) is 13.1 Å². The van der Waals surface area contributed by atoms with Gasteiger partial charge in [-0.2, -0.15) is 0 Å². The second-order valence-corrected chi connectivity index (χ2v) is 6.82. The normalized spacial score (nSPS) is 19.5. The number of hydrogen-bond donors (Lipinski definition) is 2. The molecular weight excluding hydrogens is 232 g/mol. The fourth-order valence-corrected chi connectivity index (χ4v) is 2.44. The lowest BCUT2D eigenvalue weighted by Crippen LogP contribution is -2.45. The van der Waals surface area contributed by atoms with Crippen LogP contribution in [-0.2, 0) is 13.0 Å². The molecule has 0 spiro atoms. The van der Waals surface area contributed by atoms with Crippen molar-refractivity contribution in [1.82, 2.24) is 10.6 Å². The Hall–Kier alpha value is -0.860. The molecular formula is C17H28N2. The van der Waals surface area contributed by atoms with Gasteiger partial charge >= 0.3 is 0 Å². The van der Waals surface area contributed by atoms with Gasteiger partial charge in [0.25, 0.3) is 0 Å². The third kappa shape index (κ3) is 3.80. The zero-order valence-corrected chi connectivity index (χ0v) is 12.8. The summed E-state index contributed by atoms with van der Waals surface area (Å²) in [5.74, 6) is 0.708. The first-order chi connectivity index (χ1) is 8.99. The predicted octanol–water partition coefficient (Wildman–Crippen LogP) is 2.97. The van der Waals surface area contributed by atoms with Gasteiger partial charge in [-0.15, -0.1) is 0 Å². The van der Waals surface area contributed by atoms with E-state index >= 15 is 0 Å². The van der Waals surface area contributed by atoms with E-state index in [1.165, 1.54) is 11.1 Å². The fraction of sp³-hybridized carbons (Fsp3) is 0.647. The van der Waals surface area contributed by atoms with E-state index in [0.29, 0.717) is 17.4 Å². The highest BCUT2D eigenvalue weighted by molar-refractivity contribution is 5.29. The van der Waals surface area contributed by atoms with E-state index in [2.05, 4.69) is 62.6 Å². The molecule has 2 heteroatoms. The predicted molar refractivity (Wildman–Crippen MR) is 82.3 cm³/mol. The van der Waals surface area contributed by atoms with Gasteiger partial charge in [-0.3, -0.25) is 0 Å². The van der Waals surface area contributed by atoms with Crippen LogP contribution in [0.3, 0.4) is 0 Å². The van der Waals surface area contributed by atoms with E-state index in [0.717, 1.165) is 26.1 Å². The molecule has 2 rings (SSSR count). The van der Waals surface area contributed by atoms with Gasteiger partial charge in [-0.25, -0.2) is 0 Å².